The average Bonchev–Trinajstić information content (AvgIpc) is 3.01. The third-order valence-electron chi connectivity index (χ3n) is 6.42. The topological polar surface area (TPSA) is 67.3 Å². The second-order valence-electron chi connectivity index (χ2n) is 9.46. The van der Waals surface area contributed by atoms with Gasteiger partial charge in [-0.2, -0.15) is 0 Å². The number of esters is 1. The molecular formula is C27H28N4O2. The molecule has 0 radical (unpaired) electrons. The predicted molar refractivity (Wildman–Crippen MR) is 133 cm³/mol. The molecular weight excluding hydrogens is 412 g/mol. The van der Waals surface area contributed by atoms with Crippen LogP contribution in [0.5, 0.6) is 0 Å². The van der Waals surface area contributed by atoms with E-state index in [1.807, 2.05) is 39.1 Å². The zero-order valence-corrected chi connectivity index (χ0v) is 19.5. The van der Waals surface area contributed by atoms with Crippen LogP contribution in [0.15, 0.2) is 49.2 Å². The molecule has 0 amide bonds. The molecule has 2 aliphatic rings. The maximum Gasteiger partial charge on any atom is 0.339 e. The first-order chi connectivity index (χ1) is 15.7. The Bertz CT molecular complexity index is 1340. The number of benzene rings is 2. The van der Waals surface area contributed by atoms with E-state index >= 15 is 0 Å². The number of likely N-dealkylation sites (N-methyl/N-ethyl adjacent to an activating group) is 1. The van der Waals surface area contributed by atoms with E-state index < -0.39 is 5.60 Å². The van der Waals surface area contributed by atoms with Crippen molar-refractivity contribution in [1.29, 1.82) is 0 Å². The molecule has 6 heteroatoms. The van der Waals surface area contributed by atoms with Gasteiger partial charge in [-0.15, -0.1) is 0 Å². The number of aromatic nitrogens is 2. The normalized spacial score (nSPS) is 17.5. The smallest absolute Gasteiger partial charge is 0.339 e. The van der Waals surface area contributed by atoms with Gasteiger partial charge in [0.05, 0.1) is 11.1 Å². The molecule has 1 aromatic heterocycles. The van der Waals surface area contributed by atoms with Crippen LogP contribution in [0.1, 0.15) is 54.2 Å². The molecule has 5 rings (SSSR count). The highest BCUT2D eigenvalue weighted by Crippen LogP contribution is 2.38. The molecule has 33 heavy (non-hydrogen) atoms. The number of hydrogen-bond acceptors (Lipinski definition) is 6. The monoisotopic (exact) mass is 440 g/mol. The molecule has 0 aliphatic carbocycles. The van der Waals surface area contributed by atoms with Crippen molar-refractivity contribution < 1.29 is 9.53 Å². The van der Waals surface area contributed by atoms with Crippen molar-refractivity contribution in [2.24, 2.45) is 0 Å². The van der Waals surface area contributed by atoms with Gasteiger partial charge in [-0.05, 0) is 81.3 Å². The summed E-state index contributed by atoms with van der Waals surface area (Å²) in [5, 5.41) is 4.28. The van der Waals surface area contributed by atoms with Gasteiger partial charge in [0.2, 0.25) is 5.95 Å². The number of anilines is 2. The highest BCUT2D eigenvalue weighted by atomic mass is 16.6. The van der Waals surface area contributed by atoms with E-state index in [0.29, 0.717) is 11.5 Å². The fourth-order valence-corrected chi connectivity index (χ4v) is 4.52. The first-order valence-corrected chi connectivity index (χ1v) is 11.2. The number of nitrogens with one attached hydrogen (secondary N) is 1. The van der Waals surface area contributed by atoms with Gasteiger partial charge in [0, 0.05) is 41.5 Å². The van der Waals surface area contributed by atoms with Crippen molar-refractivity contribution in [1.82, 2.24) is 14.9 Å². The van der Waals surface area contributed by atoms with Gasteiger partial charge in [-0.25, -0.2) is 14.8 Å². The van der Waals surface area contributed by atoms with E-state index in [2.05, 4.69) is 47.0 Å². The summed E-state index contributed by atoms with van der Waals surface area (Å²) >= 11 is 0. The van der Waals surface area contributed by atoms with Crippen LogP contribution in [0.3, 0.4) is 0 Å². The highest BCUT2D eigenvalue weighted by Gasteiger charge is 2.37. The number of fused-ring (bicyclic) bond motifs is 2. The SMILES string of the molecule is C=C(C)c1cc(C2=CCN(C)CC2)cc2cnc(Nc3ccc4c(c3)C(C)(C)OC4=O)nc12. The molecule has 0 fully saturated rings. The van der Waals surface area contributed by atoms with Gasteiger partial charge in [-0.3, -0.25) is 0 Å². The lowest BCUT2D eigenvalue weighted by atomic mass is 9.94. The van der Waals surface area contributed by atoms with Crippen molar-refractivity contribution >= 4 is 39.7 Å². The van der Waals surface area contributed by atoms with Crippen LogP contribution in [0.25, 0.3) is 22.0 Å². The second-order valence-corrected chi connectivity index (χ2v) is 9.46. The van der Waals surface area contributed by atoms with Crippen LogP contribution in [-0.2, 0) is 10.3 Å². The quantitative estimate of drug-likeness (QED) is 0.538. The second kappa shape index (κ2) is 7.81. The lowest BCUT2D eigenvalue weighted by Gasteiger charge is -2.22. The molecule has 0 bridgehead atoms. The number of carbonyl (C=O) groups excluding carboxylic acids is 1. The molecule has 3 aromatic rings. The van der Waals surface area contributed by atoms with Crippen molar-refractivity contribution in [3.05, 3.63) is 71.4 Å². The van der Waals surface area contributed by atoms with E-state index in [0.717, 1.165) is 52.8 Å². The fourth-order valence-electron chi connectivity index (χ4n) is 4.52. The predicted octanol–water partition coefficient (Wildman–Crippen LogP) is 5.53. The van der Waals surface area contributed by atoms with Crippen LogP contribution in [0.4, 0.5) is 11.6 Å². The summed E-state index contributed by atoms with van der Waals surface area (Å²) in [6.45, 7) is 12.0. The standard InChI is InChI=1S/C27H28N4O2/c1-16(2)22-13-18(17-8-10-31(5)11-9-17)12-19-15-28-26(30-24(19)22)29-20-6-7-21-23(14-20)27(3,4)33-25(21)32/h6-8,12-15H,1,9-11H2,2-5H3,(H,28,29,30). The Morgan fingerprint density at radius 3 is 2.79 bits per heavy atom. The average molecular weight is 441 g/mol. The lowest BCUT2D eigenvalue weighted by Crippen LogP contribution is -2.23. The summed E-state index contributed by atoms with van der Waals surface area (Å²) in [5.41, 5.74) is 7.06. The molecule has 0 saturated heterocycles. The number of carbonyl (C=O) groups is 1. The highest BCUT2D eigenvalue weighted by molar-refractivity contribution is 5.96. The molecule has 0 spiro atoms. The third-order valence-corrected chi connectivity index (χ3v) is 6.42. The molecule has 0 unspecified atom stereocenters. The molecule has 6 nitrogen and oxygen atoms in total. The van der Waals surface area contributed by atoms with E-state index in [4.69, 9.17) is 9.72 Å². The molecule has 0 atom stereocenters. The van der Waals surface area contributed by atoms with Crippen LogP contribution in [0.2, 0.25) is 0 Å². The first kappa shape index (κ1) is 21.3. The zero-order valence-electron chi connectivity index (χ0n) is 19.5. The van der Waals surface area contributed by atoms with E-state index in [9.17, 15) is 4.79 Å². The summed E-state index contributed by atoms with van der Waals surface area (Å²) in [5.74, 6) is 0.212. The fraction of sp³-hybridized carbons (Fsp3) is 0.296. The van der Waals surface area contributed by atoms with Gasteiger partial charge in [0.25, 0.3) is 0 Å². The Morgan fingerprint density at radius 2 is 2.06 bits per heavy atom. The largest absolute Gasteiger partial charge is 0.451 e. The number of allylic oxidation sites excluding steroid dienone is 1. The van der Waals surface area contributed by atoms with Crippen LogP contribution in [0, 0.1) is 0 Å². The van der Waals surface area contributed by atoms with Gasteiger partial charge in [-0.1, -0.05) is 12.7 Å². The van der Waals surface area contributed by atoms with E-state index in [1.165, 1.54) is 11.1 Å². The summed E-state index contributed by atoms with van der Waals surface area (Å²) in [6.07, 6.45) is 5.19. The van der Waals surface area contributed by atoms with Gasteiger partial charge in [0.15, 0.2) is 0 Å². The minimum atomic E-state index is -0.652. The number of rotatable bonds is 4. The Balaban J connectivity index is 1.51. The lowest BCUT2D eigenvalue weighted by molar-refractivity contribution is 0.00955. The number of hydrogen-bond donors (Lipinski definition) is 1. The summed E-state index contributed by atoms with van der Waals surface area (Å²) < 4.78 is 5.48. The number of cyclic esters (lactones) is 1. The molecule has 2 aromatic carbocycles. The Kier molecular flexibility index (Phi) is 5.05. The third kappa shape index (κ3) is 3.91. The summed E-state index contributed by atoms with van der Waals surface area (Å²) in [7, 11) is 2.14. The molecule has 2 aliphatic heterocycles. The van der Waals surface area contributed by atoms with Crippen LogP contribution < -0.4 is 5.32 Å². The summed E-state index contributed by atoms with van der Waals surface area (Å²) in [6, 6.07) is 9.94. The van der Waals surface area contributed by atoms with Gasteiger partial charge >= 0.3 is 5.97 Å². The van der Waals surface area contributed by atoms with Crippen molar-refractivity contribution in [2.75, 3.05) is 25.5 Å². The minimum Gasteiger partial charge on any atom is -0.451 e. The zero-order chi connectivity index (χ0) is 23.3. The van der Waals surface area contributed by atoms with E-state index in [1.54, 1.807) is 6.07 Å². The van der Waals surface area contributed by atoms with Crippen molar-refractivity contribution in [3.63, 3.8) is 0 Å². The van der Waals surface area contributed by atoms with Crippen molar-refractivity contribution in [3.8, 4) is 0 Å². The van der Waals surface area contributed by atoms with Crippen molar-refractivity contribution in [2.45, 2.75) is 32.8 Å². The van der Waals surface area contributed by atoms with Gasteiger partial charge < -0.3 is 15.0 Å². The molecule has 1 N–H and O–H groups in total. The number of nitrogens with zero attached hydrogens (tertiary/aromatic N) is 3. The van der Waals surface area contributed by atoms with E-state index in [-0.39, 0.29) is 5.97 Å². The van der Waals surface area contributed by atoms with Crippen LogP contribution in [-0.4, -0.2) is 41.0 Å². The van der Waals surface area contributed by atoms with Crippen LogP contribution >= 0.6 is 0 Å². The Labute approximate surface area is 194 Å². The molecule has 0 saturated carbocycles. The summed E-state index contributed by atoms with van der Waals surface area (Å²) in [4.78, 5) is 23.8. The Hall–Kier alpha value is -3.51. The minimum absolute atomic E-state index is 0.287. The maximum atomic E-state index is 12.1. The molecule has 3 heterocycles. The number of ether oxygens (including phenoxy) is 1. The first-order valence-electron chi connectivity index (χ1n) is 11.2. The van der Waals surface area contributed by atoms with Gasteiger partial charge in [0.1, 0.15) is 5.60 Å². The Morgan fingerprint density at radius 1 is 1.24 bits per heavy atom. The maximum absolute atomic E-state index is 12.1. The molecule has 168 valence electrons.